The molecule has 0 saturated heterocycles. The summed E-state index contributed by atoms with van der Waals surface area (Å²) >= 11 is 0. The molecule has 1 amide bonds. The van der Waals surface area contributed by atoms with Crippen LogP contribution in [0.25, 0.3) is 0 Å². The second-order valence-corrected chi connectivity index (χ2v) is 5.37. The fourth-order valence-electron chi connectivity index (χ4n) is 2.33. The monoisotopic (exact) mass is 314 g/mol. The molecule has 5 heteroatoms. The van der Waals surface area contributed by atoms with Gasteiger partial charge in [0.2, 0.25) is 0 Å². The maximum Gasteiger partial charge on any atom is 0.252 e. The molecule has 0 aliphatic heterocycles. The number of ether oxygens (including phenoxy) is 1. The minimum Gasteiger partial charge on any atom is -0.383 e. The highest BCUT2D eigenvalue weighted by molar-refractivity contribution is 5.93. The number of carbonyl (C=O) groups excluding carboxylic acids is 1. The molecule has 0 saturated carbocycles. The van der Waals surface area contributed by atoms with Gasteiger partial charge in [-0.05, 0) is 30.5 Å². The molecule has 0 bridgehead atoms. The first-order chi connectivity index (χ1) is 11.1. The van der Waals surface area contributed by atoms with Gasteiger partial charge in [0.25, 0.3) is 11.5 Å². The Balaban J connectivity index is 1.95. The van der Waals surface area contributed by atoms with Gasteiger partial charge in [0, 0.05) is 32.5 Å². The highest BCUT2D eigenvalue weighted by Gasteiger charge is 2.07. The fraction of sp³-hybridized carbons (Fsp3) is 0.333. The lowest BCUT2D eigenvalue weighted by Gasteiger charge is -2.09. The molecule has 5 nitrogen and oxygen atoms in total. The molecule has 1 N–H and O–H groups in total. The lowest BCUT2D eigenvalue weighted by atomic mass is 10.1. The predicted molar refractivity (Wildman–Crippen MR) is 89.8 cm³/mol. The summed E-state index contributed by atoms with van der Waals surface area (Å²) in [6.07, 6.45) is 2.35. The van der Waals surface area contributed by atoms with Gasteiger partial charge in [-0.3, -0.25) is 9.59 Å². The van der Waals surface area contributed by atoms with Crippen molar-refractivity contribution < 1.29 is 9.53 Å². The van der Waals surface area contributed by atoms with E-state index in [1.54, 1.807) is 19.4 Å². The number of hydrogen-bond donors (Lipinski definition) is 1. The van der Waals surface area contributed by atoms with E-state index in [0.29, 0.717) is 25.3 Å². The maximum atomic E-state index is 12.2. The molecule has 1 aromatic carbocycles. The van der Waals surface area contributed by atoms with Crippen molar-refractivity contribution in [3.63, 3.8) is 0 Å². The molecular formula is C18H22N2O3. The van der Waals surface area contributed by atoms with Crippen LogP contribution in [-0.2, 0) is 17.7 Å². The van der Waals surface area contributed by atoms with Crippen molar-refractivity contribution in [2.24, 2.45) is 0 Å². The van der Waals surface area contributed by atoms with Crippen molar-refractivity contribution in [1.29, 1.82) is 0 Å². The number of rotatable bonds is 7. The molecule has 2 rings (SSSR count). The van der Waals surface area contributed by atoms with Crippen LogP contribution in [0.2, 0.25) is 0 Å². The number of pyridine rings is 1. The molecule has 0 atom stereocenters. The Morgan fingerprint density at radius 1 is 1.22 bits per heavy atom. The molecule has 23 heavy (non-hydrogen) atoms. The lowest BCUT2D eigenvalue weighted by molar-refractivity contribution is 0.0953. The Morgan fingerprint density at radius 2 is 2.00 bits per heavy atom. The van der Waals surface area contributed by atoms with E-state index in [4.69, 9.17) is 4.74 Å². The van der Waals surface area contributed by atoms with Gasteiger partial charge < -0.3 is 14.6 Å². The van der Waals surface area contributed by atoms with E-state index in [1.165, 1.54) is 21.8 Å². The second-order valence-electron chi connectivity index (χ2n) is 5.37. The van der Waals surface area contributed by atoms with Gasteiger partial charge in [-0.25, -0.2) is 0 Å². The predicted octanol–water partition coefficient (Wildman–Crippen LogP) is 1.78. The van der Waals surface area contributed by atoms with E-state index in [1.807, 2.05) is 12.1 Å². The number of nitrogens with one attached hydrogen (secondary N) is 1. The number of hydrogen-bond acceptors (Lipinski definition) is 3. The molecule has 0 radical (unpaired) electrons. The first-order valence-corrected chi connectivity index (χ1v) is 7.64. The van der Waals surface area contributed by atoms with Gasteiger partial charge in [0.1, 0.15) is 0 Å². The Bertz CT molecular complexity index is 722. The van der Waals surface area contributed by atoms with Crippen molar-refractivity contribution in [1.82, 2.24) is 9.88 Å². The zero-order chi connectivity index (χ0) is 16.7. The average Bonchev–Trinajstić information content (AvgIpc) is 2.55. The van der Waals surface area contributed by atoms with Gasteiger partial charge >= 0.3 is 0 Å². The second kappa shape index (κ2) is 8.29. The number of aromatic nitrogens is 1. The van der Waals surface area contributed by atoms with E-state index in [2.05, 4.69) is 24.4 Å². The summed E-state index contributed by atoms with van der Waals surface area (Å²) in [5, 5.41) is 2.89. The molecule has 0 spiro atoms. The maximum absolute atomic E-state index is 12.2. The number of carbonyl (C=O) groups is 1. The Labute approximate surface area is 135 Å². The highest BCUT2D eigenvalue weighted by Crippen LogP contribution is 2.07. The fourth-order valence-corrected chi connectivity index (χ4v) is 2.33. The number of nitrogens with zero attached hydrogens (tertiary/aromatic N) is 1. The van der Waals surface area contributed by atoms with E-state index in [0.717, 1.165) is 6.42 Å². The van der Waals surface area contributed by atoms with Gasteiger partial charge in [0.05, 0.1) is 12.2 Å². The topological polar surface area (TPSA) is 60.3 Å². The largest absolute Gasteiger partial charge is 0.383 e. The molecule has 2 aromatic rings. The first kappa shape index (κ1) is 17.0. The molecular weight excluding hydrogens is 292 g/mol. The van der Waals surface area contributed by atoms with Crippen LogP contribution in [0, 0.1) is 6.92 Å². The zero-order valence-corrected chi connectivity index (χ0v) is 13.5. The standard InChI is InChI=1S/C18H22N2O3/c1-14-5-3-4-6-15(14)9-10-19-18(22)16-7-8-17(21)20(13-16)11-12-23-2/h3-8,13H,9-12H2,1-2H3,(H,19,22). The SMILES string of the molecule is COCCn1cc(C(=O)NCCc2ccccc2C)ccc1=O. The molecule has 0 aliphatic rings. The third-order valence-electron chi connectivity index (χ3n) is 3.72. The average molecular weight is 314 g/mol. The molecule has 0 aliphatic carbocycles. The summed E-state index contributed by atoms with van der Waals surface area (Å²) in [6, 6.07) is 11.1. The van der Waals surface area contributed by atoms with Crippen LogP contribution >= 0.6 is 0 Å². The van der Waals surface area contributed by atoms with Crippen LogP contribution in [0.5, 0.6) is 0 Å². The van der Waals surface area contributed by atoms with Crippen molar-refractivity contribution >= 4 is 5.91 Å². The summed E-state index contributed by atoms with van der Waals surface area (Å²) in [4.78, 5) is 23.9. The van der Waals surface area contributed by atoms with Crippen LogP contribution < -0.4 is 10.9 Å². The summed E-state index contributed by atoms with van der Waals surface area (Å²) in [6.45, 7) is 3.47. The first-order valence-electron chi connectivity index (χ1n) is 7.64. The Kier molecular flexibility index (Phi) is 6.11. The minimum atomic E-state index is -0.176. The van der Waals surface area contributed by atoms with Crippen molar-refractivity contribution in [2.75, 3.05) is 20.3 Å². The summed E-state index contributed by atoms with van der Waals surface area (Å²) in [7, 11) is 1.58. The quantitative estimate of drug-likeness (QED) is 0.847. The molecule has 1 aromatic heterocycles. The Hall–Kier alpha value is -2.40. The van der Waals surface area contributed by atoms with Gasteiger partial charge in [-0.1, -0.05) is 24.3 Å². The van der Waals surface area contributed by atoms with Crippen LogP contribution in [0.3, 0.4) is 0 Å². The van der Waals surface area contributed by atoms with Crippen LogP contribution in [0.15, 0.2) is 47.4 Å². The smallest absolute Gasteiger partial charge is 0.252 e. The molecule has 1 heterocycles. The summed E-state index contributed by atoms with van der Waals surface area (Å²) in [5.41, 5.74) is 2.77. The normalized spacial score (nSPS) is 10.5. The van der Waals surface area contributed by atoms with E-state index < -0.39 is 0 Å². The van der Waals surface area contributed by atoms with Crippen molar-refractivity contribution in [2.45, 2.75) is 19.9 Å². The third-order valence-corrected chi connectivity index (χ3v) is 3.72. The Morgan fingerprint density at radius 3 is 2.74 bits per heavy atom. The highest BCUT2D eigenvalue weighted by atomic mass is 16.5. The molecule has 0 unspecified atom stereocenters. The minimum absolute atomic E-state index is 0.140. The lowest BCUT2D eigenvalue weighted by Crippen LogP contribution is -2.28. The number of amides is 1. The molecule has 122 valence electrons. The number of methoxy groups -OCH3 is 1. The number of benzene rings is 1. The van der Waals surface area contributed by atoms with Crippen LogP contribution in [0.4, 0.5) is 0 Å². The van der Waals surface area contributed by atoms with Gasteiger partial charge in [-0.2, -0.15) is 0 Å². The van der Waals surface area contributed by atoms with Crippen LogP contribution in [-0.4, -0.2) is 30.7 Å². The van der Waals surface area contributed by atoms with E-state index >= 15 is 0 Å². The van der Waals surface area contributed by atoms with Crippen LogP contribution in [0.1, 0.15) is 21.5 Å². The third kappa shape index (κ3) is 4.79. The summed E-state index contributed by atoms with van der Waals surface area (Å²) < 4.78 is 6.45. The number of aryl methyl sites for hydroxylation is 1. The molecule has 0 fully saturated rings. The van der Waals surface area contributed by atoms with Gasteiger partial charge in [0.15, 0.2) is 0 Å². The van der Waals surface area contributed by atoms with Crippen molar-refractivity contribution in [3.05, 3.63) is 69.6 Å². The zero-order valence-electron chi connectivity index (χ0n) is 13.5. The van der Waals surface area contributed by atoms with Crippen molar-refractivity contribution in [3.8, 4) is 0 Å². The van der Waals surface area contributed by atoms with Gasteiger partial charge in [-0.15, -0.1) is 0 Å². The van der Waals surface area contributed by atoms with E-state index in [9.17, 15) is 9.59 Å². The van der Waals surface area contributed by atoms with E-state index in [-0.39, 0.29) is 11.5 Å². The summed E-state index contributed by atoms with van der Waals surface area (Å²) in [5.74, 6) is -0.176.